The zero-order valence-corrected chi connectivity index (χ0v) is 18.7. The second-order valence-corrected chi connectivity index (χ2v) is 8.40. The molecule has 1 amide bonds. The van der Waals surface area contributed by atoms with Gasteiger partial charge in [-0.2, -0.15) is 0 Å². The van der Waals surface area contributed by atoms with Crippen LogP contribution in [0.25, 0.3) is 22.2 Å². The lowest BCUT2D eigenvalue weighted by atomic mass is 10.1. The van der Waals surface area contributed by atoms with Crippen molar-refractivity contribution in [3.63, 3.8) is 0 Å². The second kappa shape index (κ2) is 9.99. The van der Waals surface area contributed by atoms with Gasteiger partial charge in [-0.15, -0.1) is 0 Å². The van der Waals surface area contributed by atoms with E-state index in [-0.39, 0.29) is 17.0 Å². The van der Waals surface area contributed by atoms with Crippen molar-refractivity contribution in [1.29, 1.82) is 0 Å². The first kappa shape index (κ1) is 22.7. The number of H-pyrrole nitrogens is 1. The first-order chi connectivity index (χ1) is 16.0. The average Bonchev–Trinajstić information content (AvgIpc) is 3.24. The van der Waals surface area contributed by atoms with Crippen molar-refractivity contribution in [3.05, 3.63) is 76.7 Å². The van der Waals surface area contributed by atoms with Crippen molar-refractivity contribution in [2.75, 3.05) is 11.1 Å². The number of thioether (sulfide) groups is 1. The van der Waals surface area contributed by atoms with Gasteiger partial charge in [0.2, 0.25) is 5.91 Å². The van der Waals surface area contributed by atoms with Crippen LogP contribution in [-0.4, -0.2) is 26.2 Å². The summed E-state index contributed by atoms with van der Waals surface area (Å²) >= 11 is 1.08. The Bertz CT molecular complexity index is 1350. The van der Waals surface area contributed by atoms with Gasteiger partial charge in [-0.3, -0.25) is 14.2 Å². The van der Waals surface area contributed by atoms with Gasteiger partial charge in [-0.1, -0.05) is 55.4 Å². The summed E-state index contributed by atoms with van der Waals surface area (Å²) in [4.78, 5) is 33.4. The number of fused-ring (bicyclic) bond motifs is 1. The number of nitrogens with one attached hydrogen (secondary N) is 2. The lowest BCUT2D eigenvalue weighted by Crippen LogP contribution is -2.24. The van der Waals surface area contributed by atoms with Crippen LogP contribution in [0.15, 0.2) is 64.7 Å². The molecule has 0 saturated heterocycles. The van der Waals surface area contributed by atoms with Crippen LogP contribution in [0.1, 0.15) is 19.8 Å². The van der Waals surface area contributed by atoms with E-state index in [1.165, 1.54) is 0 Å². The average molecular weight is 469 g/mol. The molecule has 33 heavy (non-hydrogen) atoms. The minimum absolute atomic E-state index is 0.120. The number of rotatable bonds is 8. The summed E-state index contributed by atoms with van der Waals surface area (Å²) in [7, 11) is 0. The molecular weight excluding hydrogens is 446 g/mol. The fourth-order valence-corrected chi connectivity index (χ4v) is 4.26. The lowest BCUT2D eigenvalue weighted by Gasteiger charge is -2.12. The molecule has 9 heteroatoms. The van der Waals surface area contributed by atoms with Crippen molar-refractivity contribution >= 4 is 34.4 Å². The topological polar surface area (TPSA) is 79.8 Å². The molecule has 0 aliphatic rings. The molecular formula is C24H22F2N4O2S. The minimum Gasteiger partial charge on any atom is -0.355 e. The molecule has 4 rings (SSSR count). The molecule has 0 atom stereocenters. The van der Waals surface area contributed by atoms with Gasteiger partial charge in [0.25, 0.3) is 5.56 Å². The smallest absolute Gasteiger partial charge is 0.278 e. The number of halogens is 2. The van der Waals surface area contributed by atoms with E-state index in [4.69, 9.17) is 4.98 Å². The van der Waals surface area contributed by atoms with E-state index in [0.717, 1.165) is 53.9 Å². The van der Waals surface area contributed by atoms with Gasteiger partial charge in [0, 0.05) is 24.4 Å². The third-order valence-corrected chi connectivity index (χ3v) is 6.08. The first-order valence-electron chi connectivity index (χ1n) is 10.5. The van der Waals surface area contributed by atoms with Gasteiger partial charge in [0.15, 0.2) is 5.16 Å². The molecule has 0 spiro atoms. The summed E-state index contributed by atoms with van der Waals surface area (Å²) in [6.07, 6.45) is 3.41. The van der Waals surface area contributed by atoms with E-state index in [2.05, 4.69) is 10.3 Å². The van der Waals surface area contributed by atoms with Crippen molar-refractivity contribution in [3.8, 4) is 11.1 Å². The Kier molecular flexibility index (Phi) is 6.88. The predicted octanol–water partition coefficient (Wildman–Crippen LogP) is 5.20. The molecule has 0 aliphatic heterocycles. The van der Waals surface area contributed by atoms with E-state index >= 15 is 0 Å². The Morgan fingerprint density at radius 3 is 2.73 bits per heavy atom. The van der Waals surface area contributed by atoms with Gasteiger partial charge >= 0.3 is 0 Å². The number of unbranched alkanes of at least 4 members (excludes halogenated alkanes) is 1. The second-order valence-electron chi connectivity index (χ2n) is 7.46. The maximum Gasteiger partial charge on any atom is 0.278 e. The Morgan fingerprint density at radius 2 is 1.97 bits per heavy atom. The number of anilines is 1. The quantitative estimate of drug-likeness (QED) is 0.275. The fraction of sp³-hybridized carbons (Fsp3) is 0.208. The number of hydrogen-bond acceptors (Lipinski definition) is 4. The number of carbonyl (C=O) groups is 1. The molecule has 2 N–H and O–H groups in total. The standard InChI is InChI=1S/C24H22F2N4O2S/c1-2-3-11-30-23(32)22-21(17(13-27-22)15-7-5-4-6-8-15)29-24(30)33-14-20(31)28-19-12-16(25)9-10-18(19)26/h4-10,12-13,27H,2-3,11,14H2,1H3,(H,28,31). The van der Waals surface area contributed by atoms with E-state index in [9.17, 15) is 18.4 Å². The number of carbonyl (C=O) groups excluding carboxylic acids is 1. The van der Waals surface area contributed by atoms with Gasteiger partial charge in [-0.25, -0.2) is 13.8 Å². The number of aromatic amines is 1. The molecule has 2 aromatic carbocycles. The van der Waals surface area contributed by atoms with E-state index < -0.39 is 17.5 Å². The summed E-state index contributed by atoms with van der Waals surface area (Å²) in [5, 5.41) is 2.77. The van der Waals surface area contributed by atoms with Gasteiger partial charge < -0.3 is 10.3 Å². The fourth-order valence-electron chi connectivity index (χ4n) is 3.44. The summed E-state index contributed by atoms with van der Waals surface area (Å²) < 4.78 is 28.8. The van der Waals surface area contributed by atoms with Crippen LogP contribution in [-0.2, 0) is 11.3 Å². The zero-order chi connectivity index (χ0) is 23.4. The highest BCUT2D eigenvalue weighted by atomic mass is 32.2. The summed E-state index contributed by atoms with van der Waals surface area (Å²) in [5.74, 6) is -2.03. The van der Waals surface area contributed by atoms with Crippen molar-refractivity contribution < 1.29 is 13.6 Å². The number of aromatic nitrogens is 3. The molecule has 170 valence electrons. The van der Waals surface area contributed by atoms with Crippen molar-refractivity contribution in [2.24, 2.45) is 0 Å². The van der Waals surface area contributed by atoms with Gasteiger partial charge in [-0.05, 0) is 24.1 Å². The molecule has 6 nitrogen and oxygen atoms in total. The first-order valence-corrected chi connectivity index (χ1v) is 11.5. The Balaban J connectivity index is 1.65. The maximum absolute atomic E-state index is 13.8. The summed E-state index contributed by atoms with van der Waals surface area (Å²) in [5.41, 5.74) is 2.19. The van der Waals surface area contributed by atoms with E-state index in [1.807, 2.05) is 37.3 Å². The molecule has 0 aliphatic carbocycles. The third kappa shape index (κ3) is 4.98. The number of benzene rings is 2. The third-order valence-electron chi connectivity index (χ3n) is 5.11. The summed E-state index contributed by atoms with van der Waals surface area (Å²) in [6.45, 7) is 2.48. The van der Waals surface area contributed by atoms with Gasteiger partial charge in [0.05, 0.1) is 11.4 Å². The van der Waals surface area contributed by atoms with Crippen LogP contribution in [0.4, 0.5) is 14.5 Å². The SMILES string of the molecule is CCCCn1c(SCC(=O)Nc2cc(F)ccc2F)nc2c(-c3ccccc3)c[nH]c2c1=O. The van der Waals surface area contributed by atoms with Crippen LogP contribution in [0.2, 0.25) is 0 Å². The predicted molar refractivity (Wildman–Crippen MR) is 126 cm³/mol. The highest BCUT2D eigenvalue weighted by Crippen LogP contribution is 2.28. The Morgan fingerprint density at radius 1 is 1.18 bits per heavy atom. The Hall–Kier alpha value is -3.46. The number of amides is 1. The van der Waals surface area contributed by atoms with E-state index in [1.54, 1.807) is 10.8 Å². The van der Waals surface area contributed by atoms with Crippen LogP contribution in [0, 0.1) is 11.6 Å². The van der Waals surface area contributed by atoms with Crippen LogP contribution in [0.3, 0.4) is 0 Å². The summed E-state index contributed by atoms with van der Waals surface area (Å²) in [6, 6.07) is 12.4. The Labute approximate surface area is 193 Å². The van der Waals surface area contributed by atoms with Crippen LogP contribution < -0.4 is 10.9 Å². The molecule has 0 bridgehead atoms. The van der Waals surface area contributed by atoms with Crippen molar-refractivity contribution in [1.82, 2.24) is 14.5 Å². The largest absolute Gasteiger partial charge is 0.355 e. The van der Waals surface area contributed by atoms with Crippen LogP contribution >= 0.6 is 11.8 Å². The number of hydrogen-bond donors (Lipinski definition) is 2. The molecule has 0 saturated carbocycles. The van der Waals surface area contributed by atoms with Crippen molar-refractivity contribution in [2.45, 2.75) is 31.5 Å². The normalized spacial score (nSPS) is 11.1. The molecule has 4 aromatic rings. The van der Waals surface area contributed by atoms with Crippen LogP contribution in [0.5, 0.6) is 0 Å². The number of nitrogens with zero attached hydrogens (tertiary/aromatic N) is 2. The van der Waals surface area contributed by atoms with E-state index in [0.29, 0.717) is 22.7 Å². The maximum atomic E-state index is 13.8. The molecule has 0 fully saturated rings. The molecule has 0 radical (unpaired) electrons. The molecule has 2 aromatic heterocycles. The monoisotopic (exact) mass is 468 g/mol. The van der Waals surface area contributed by atoms with Gasteiger partial charge in [0.1, 0.15) is 22.7 Å². The molecule has 2 heterocycles. The molecule has 0 unspecified atom stereocenters. The highest BCUT2D eigenvalue weighted by Gasteiger charge is 2.18. The highest BCUT2D eigenvalue weighted by molar-refractivity contribution is 7.99. The minimum atomic E-state index is -0.728. The zero-order valence-electron chi connectivity index (χ0n) is 17.9. The lowest BCUT2D eigenvalue weighted by molar-refractivity contribution is -0.113.